The first kappa shape index (κ1) is 8.12. The van der Waals surface area contributed by atoms with Crippen molar-refractivity contribution in [3.63, 3.8) is 0 Å². The second-order valence-corrected chi connectivity index (χ2v) is 2.45. The van der Waals surface area contributed by atoms with Crippen LogP contribution in [0.5, 0.6) is 0 Å². The molecule has 0 aromatic heterocycles. The van der Waals surface area contributed by atoms with Crippen molar-refractivity contribution in [2.24, 2.45) is 15.3 Å². The van der Waals surface area contributed by atoms with Gasteiger partial charge in [-0.2, -0.15) is 8.42 Å². The fraction of sp³-hybridized carbons (Fsp3) is 0. The third-order valence-electron chi connectivity index (χ3n) is 0.442. The van der Waals surface area contributed by atoms with Crippen LogP contribution in [0.3, 0.4) is 0 Å². The maximum Gasteiger partial charge on any atom is 0.319 e. The molecule has 0 fully saturated rings. The van der Waals surface area contributed by atoms with Crippen molar-refractivity contribution in [1.82, 2.24) is 0 Å². The molecule has 0 saturated heterocycles. The van der Waals surface area contributed by atoms with Crippen LogP contribution in [0.15, 0.2) is 17.1 Å². The van der Waals surface area contributed by atoms with Gasteiger partial charge in [-0.05, 0) is 6.08 Å². The zero-order chi connectivity index (χ0) is 7.49. The molecule has 0 rings (SSSR count). The van der Waals surface area contributed by atoms with E-state index in [2.05, 4.69) is 16.1 Å². The number of hydrogen-bond acceptors (Lipinski definition) is 2. The monoisotopic (exact) mass is 149 g/mol. The number of nitrogens with zero attached hydrogens (tertiary/aromatic N) is 1. The Balaban J connectivity index is 4.51. The van der Waals surface area contributed by atoms with E-state index in [0.717, 1.165) is 6.08 Å². The quantitative estimate of drug-likeness (QED) is 0.378. The SMILES string of the molecule is C=C/C(N)=N/S(N)(=O)=O. The van der Waals surface area contributed by atoms with Crippen LogP contribution in [-0.4, -0.2) is 14.3 Å². The van der Waals surface area contributed by atoms with Gasteiger partial charge in [-0.25, -0.2) is 5.14 Å². The lowest BCUT2D eigenvalue weighted by molar-refractivity contribution is 0.599. The van der Waals surface area contributed by atoms with Gasteiger partial charge in [-0.3, -0.25) is 0 Å². The van der Waals surface area contributed by atoms with Crippen LogP contribution in [-0.2, 0) is 10.2 Å². The lowest BCUT2D eigenvalue weighted by Crippen LogP contribution is -2.15. The van der Waals surface area contributed by atoms with E-state index in [-0.39, 0.29) is 5.84 Å². The minimum Gasteiger partial charge on any atom is -0.383 e. The fourth-order valence-electron chi connectivity index (χ4n) is 0.184. The smallest absolute Gasteiger partial charge is 0.319 e. The summed E-state index contributed by atoms with van der Waals surface area (Å²) in [4.78, 5) is 0. The van der Waals surface area contributed by atoms with E-state index < -0.39 is 10.2 Å². The molecule has 0 aliphatic heterocycles. The van der Waals surface area contributed by atoms with Gasteiger partial charge < -0.3 is 5.73 Å². The minimum absolute atomic E-state index is 0.211. The lowest BCUT2D eigenvalue weighted by atomic mass is 10.6. The summed E-state index contributed by atoms with van der Waals surface area (Å²) in [7, 11) is -3.84. The van der Waals surface area contributed by atoms with Gasteiger partial charge in [0.25, 0.3) is 0 Å². The Morgan fingerprint density at radius 1 is 1.67 bits per heavy atom. The molecule has 0 aliphatic rings. The summed E-state index contributed by atoms with van der Waals surface area (Å²) in [6, 6.07) is 0. The predicted octanol–water partition coefficient (Wildman–Crippen LogP) is -1.27. The Morgan fingerprint density at radius 2 is 2.11 bits per heavy atom. The van der Waals surface area contributed by atoms with Crippen LogP contribution < -0.4 is 10.9 Å². The molecule has 52 valence electrons. The predicted molar refractivity (Wildman–Crippen MR) is 34.9 cm³/mol. The zero-order valence-corrected chi connectivity index (χ0v) is 5.43. The molecule has 0 atom stereocenters. The first-order valence-corrected chi connectivity index (χ1v) is 3.46. The molecule has 0 saturated carbocycles. The standard InChI is InChI=1S/C3H7N3O2S/c1-2-3(4)6-9(5,7)8/h2H,1H2,(H2,4,6)(H2,5,7,8). The van der Waals surface area contributed by atoms with Crippen molar-refractivity contribution in [1.29, 1.82) is 0 Å². The summed E-state index contributed by atoms with van der Waals surface area (Å²) >= 11 is 0. The third kappa shape index (κ3) is 4.98. The molecule has 5 nitrogen and oxygen atoms in total. The fourth-order valence-corrected chi connectivity index (χ4v) is 0.553. The molecule has 0 amide bonds. The summed E-state index contributed by atoms with van der Waals surface area (Å²) in [6.45, 7) is 3.17. The van der Waals surface area contributed by atoms with Crippen molar-refractivity contribution in [2.75, 3.05) is 0 Å². The van der Waals surface area contributed by atoms with Crippen molar-refractivity contribution in [3.05, 3.63) is 12.7 Å². The largest absolute Gasteiger partial charge is 0.383 e. The zero-order valence-electron chi connectivity index (χ0n) is 4.61. The maximum atomic E-state index is 10.1. The molecule has 0 aromatic carbocycles. The van der Waals surface area contributed by atoms with Gasteiger partial charge in [0.15, 0.2) is 0 Å². The molecule has 6 heteroatoms. The molecule has 4 N–H and O–H groups in total. The topological polar surface area (TPSA) is 98.5 Å². The Kier molecular flexibility index (Phi) is 2.35. The van der Waals surface area contributed by atoms with E-state index in [1.807, 2.05) is 0 Å². The van der Waals surface area contributed by atoms with Gasteiger partial charge in [0, 0.05) is 0 Å². The Bertz CT molecular complexity index is 227. The van der Waals surface area contributed by atoms with E-state index in [1.165, 1.54) is 0 Å². The summed E-state index contributed by atoms with van der Waals surface area (Å²) in [5, 5.41) is 4.47. The first-order valence-electron chi connectivity index (χ1n) is 1.96. The molecule has 0 aliphatic carbocycles. The summed E-state index contributed by atoms with van der Waals surface area (Å²) in [5.41, 5.74) is 4.93. The summed E-state index contributed by atoms with van der Waals surface area (Å²) in [5.74, 6) is -0.211. The van der Waals surface area contributed by atoms with Gasteiger partial charge in [0.1, 0.15) is 5.84 Å². The van der Waals surface area contributed by atoms with Gasteiger partial charge in [0.2, 0.25) is 0 Å². The Morgan fingerprint density at radius 3 is 2.22 bits per heavy atom. The summed E-state index contributed by atoms with van der Waals surface area (Å²) in [6.07, 6.45) is 1.09. The molecule has 9 heavy (non-hydrogen) atoms. The molecular weight excluding hydrogens is 142 g/mol. The van der Waals surface area contributed by atoms with E-state index in [9.17, 15) is 8.42 Å². The number of hydrogen-bond donors (Lipinski definition) is 2. The van der Waals surface area contributed by atoms with Crippen LogP contribution in [0.4, 0.5) is 0 Å². The van der Waals surface area contributed by atoms with E-state index in [0.29, 0.717) is 0 Å². The number of rotatable bonds is 2. The summed E-state index contributed by atoms with van der Waals surface area (Å²) < 4.78 is 23.0. The second-order valence-electron chi connectivity index (χ2n) is 1.24. The van der Waals surface area contributed by atoms with Crippen LogP contribution in [0.25, 0.3) is 0 Å². The van der Waals surface area contributed by atoms with Crippen molar-refractivity contribution < 1.29 is 8.42 Å². The molecule has 0 unspecified atom stereocenters. The van der Waals surface area contributed by atoms with E-state index >= 15 is 0 Å². The molecule has 0 spiro atoms. The highest BCUT2D eigenvalue weighted by molar-refractivity contribution is 7.88. The van der Waals surface area contributed by atoms with Crippen molar-refractivity contribution in [2.45, 2.75) is 0 Å². The van der Waals surface area contributed by atoms with Crippen LogP contribution in [0.2, 0.25) is 0 Å². The minimum atomic E-state index is -3.84. The van der Waals surface area contributed by atoms with Crippen LogP contribution in [0.1, 0.15) is 0 Å². The lowest BCUT2D eigenvalue weighted by Gasteiger charge is -1.87. The molecular formula is C3H7N3O2S. The highest BCUT2D eigenvalue weighted by Gasteiger charge is 1.95. The van der Waals surface area contributed by atoms with Gasteiger partial charge in [-0.15, -0.1) is 4.40 Å². The molecule has 0 aromatic rings. The van der Waals surface area contributed by atoms with Crippen molar-refractivity contribution in [3.8, 4) is 0 Å². The van der Waals surface area contributed by atoms with E-state index in [1.54, 1.807) is 0 Å². The molecule has 0 heterocycles. The van der Waals surface area contributed by atoms with Gasteiger partial charge in [-0.1, -0.05) is 6.58 Å². The molecule has 0 radical (unpaired) electrons. The Labute approximate surface area is 53.3 Å². The number of amidine groups is 1. The van der Waals surface area contributed by atoms with Crippen LogP contribution >= 0.6 is 0 Å². The van der Waals surface area contributed by atoms with Gasteiger partial charge >= 0.3 is 10.2 Å². The molecule has 0 bridgehead atoms. The average molecular weight is 149 g/mol. The second kappa shape index (κ2) is 2.60. The van der Waals surface area contributed by atoms with Crippen LogP contribution in [0, 0.1) is 0 Å². The third-order valence-corrected chi connectivity index (χ3v) is 0.907. The first-order chi connectivity index (χ1) is 3.95. The van der Waals surface area contributed by atoms with Gasteiger partial charge in [0.05, 0.1) is 0 Å². The average Bonchev–Trinajstić information content (AvgIpc) is 1.62. The highest BCUT2D eigenvalue weighted by atomic mass is 32.2. The Hall–Kier alpha value is -0.880. The normalized spacial score (nSPS) is 13.2. The highest BCUT2D eigenvalue weighted by Crippen LogP contribution is 1.78. The number of nitrogens with two attached hydrogens (primary N) is 2. The van der Waals surface area contributed by atoms with Crippen molar-refractivity contribution >= 4 is 16.0 Å². The maximum absolute atomic E-state index is 10.1. The van der Waals surface area contributed by atoms with E-state index in [4.69, 9.17) is 5.73 Å².